The molecule has 2 aromatic rings. The number of benzene rings is 1. The highest BCUT2D eigenvalue weighted by Gasteiger charge is 2.28. The summed E-state index contributed by atoms with van der Waals surface area (Å²) in [6, 6.07) is 3.34. The first-order valence-corrected chi connectivity index (χ1v) is 9.66. The zero-order valence-corrected chi connectivity index (χ0v) is 16.0. The second kappa shape index (κ2) is 8.50. The lowest BCUT2D eigenvalue weighted by Crippen LogP contribution is -2.53. The van der Waals surface area contributed by atoms with Crippen molar-refractivity contribution in [3.8, 4) is 0 Å². The molecular weight excluding hydrogens is 363 g/mol. The number of hydrogen-bond acceptors (Lipinski definition) is 4. The second-order valence-corrected chi connectivity index (χ2v) is 7.60. The van der Waals surface area contributed by atoms with E-state index in [1.165, 1.54) is 24.6 Å². The van der Waals surface area contributed by atoms with E-state index in [0.29, 0.717) is 0 Å². The third-order valence-corrected chi connectivity index (χ3v) is 5.16. The number of para-hydroxylation sites is 1. The van der Waals surface area contributed by atoms with E-state index in [9.17, 15) is 18.8 Å². The van der Waals surface area contributed by atoms with Gasteiger partial charge in [0.15, 0.2) is 5.69 Å². The average molecular weight is 388 g/mol. The van der Waals surface area contributed by atoms with Crippen molar-refractivity contribution in [1.82, 2.24) is 20.8 Å². The average Bonchev–Trinajstić information content (AvgIpc) is 2.67. The highest BCUT2D eigenvalue weighted by atomic mass is 19.1. The Labute approximate surface area is 162 Å². The van der Waals surface area contributed by atoms with E-state index in [1.54, 1.807) is 0 Å². The SMILES string of the molecule is CC(C)[C@H](NC(=O)c1n[nH]c2c(F)cccc2c1=O)C(=O)NC1CCCCC1. The number of hydrogen-bond donors (Lipinski definition) is 3. The van der Waals surface area contributed by atoms with Crippen LogP contribution in [-0.4, -0.2) is 34.1 Å². The van der Waals surface area contributed by atoms with Crippen LogP contribution < -0.4 is 16.1 Å². The molecule has 0 aliphatic heterocycles. The molecule has 0 unspecified atom stereocenters. The fourth-order valence-electron chi connectivity index (χ4n) is 3.55. The number of amides is 2. The number of aromatic nitrogens is 2. The van der Waals surface area contributed by atoms with Crippen LogP contribution in [0.3, 0.4) is 0 Å². The Hall–Kier alpha value is -2.77. The van der Waals surface area contributed by atoms with Gasteiger partial charge in [0.2, 0.25) is 11.3 Å². The summed E-state index contributed by atoms with van der Waals surface area (Å²) in [7, 11) is 0. The minimum atomic E-state index is -0.793. The molecular formula is C20H25FN4O3. The van der Waals surface area contributed by atoms with Gasteiger partial charge < -0.3 is 10.6 Å². The Morgan fingerprint density at radius 3 is 2.61 bits per heavy atom. The first-order valence-electron chi connectivity index (χ1n) is 9.66. The summed E-state index contributed by atoms with van der Waals surface area (Å²) in [5.74, 6) is -1.83. The molecule has 1 aliphatic carbocycles. The molecule has 1 aromatic carbocycles. The quantitative estimate of drug-likeness (QED) is 0.731. The van der Waals surface area contributed by atoms with Gasteiger partial charge in [0.1, 0.15) is 17.4 Å². The number of aromatic amines is 1. The Morgan fingerprint density at radius 2 is 1.93 bits per heavy atom. The second-order valence-electron chi connectivity index (χ2n) is 7.60. The molecule has 0 radical (unpaired) electrons. The van der Waals surface area contributed by atoms with Crippen LogP contribution in [0.15, 0.2) is 23.0 Å². The van der Waals surface area contributed by atoms with Crippen molar-refractivity contribution < 1.29 is 14.0 Å². The van der Waals surface area contributed by atoms with E-state index < -0.39 is 28.9 Å². The Bertz CT molecular complexity index is 935. The van der Waals surface area contributed by atoms with Gasteiger partial charge in [0.05, 0.1) is 5.39 Å². The maximum Gasteiger partial charge on any atom is 0.276 e. The third kappa shape index (κ3) is 4.21. The van der Waals surface area contributed by atoms with Crippen molar-refractivity contribution in [1.29, 1.82) is 0 Å². The van der Waals surface area contributed by atoms with Crippen molar-refractivity contribution in [2.75, 3.05) is 0 Å². The number of rotatable bonds is 5. The van der Waals surface area contributed by atoms with Crippen molar-refractivity contribution in [2.45, 2.75) is 58.0 Å². The molecule has 8 heteroatoms. The van der Waals surface area contributed by atoms with Crippen LogP contribution in [0.4, 0.5) is 4.39 Å². The van der Waals surface area contributed by atoms with Crippen LogP contribution in [-0.2, 0) is 4.79 Å². The molecule has 1 fully saturated rings. The van der Waals surface area contributed by atoms with E-state index in [-0.39, 0.29) is 28.8 Å². The number of halogens is 1. The third-order valence-electron chi connectivity index (χ3n) is 5.16. The molecule has 0 spiro atoms. The summed E-state index contributed by atoms with van der Waals surface area (Å²) in [5.41, 5.74) is -1.13. The van der Waals surface area contributed by atoms with Gasteiger partial charge in [-0.2, -0.15) is 5.10 Å². The van der Waals surface area contributed by atoms with Crippen LogP contribution in [0.1, 0.15) is 56.4 Å². The van der Waals surface area contributed by atoms with E-state index in [4.69, 9.17) is 0 Å². The minimum Gasteiger partial charge on any atom is -0.352 e. The summed E-state index contributed by atoms with van der Waals surface area (Å²) >= 11 is 0. The predicted molar refractivity (Wildman–Crippen MR) is 103 cm³/mol. The molecule has 150 valence electrons. The molecule has 3 N–H and O–H groups in total. The minimum absolute atomic E-state index is 0.0351. The maximum absolute atomic E-state index is 13.8. The molecule has 1 saturated carbocycles. The predicted octanol–water partition coefficient (Wildman–Crippen LogP) is 2.27. The summed E-state index contributed by atoms with van der Waals surface area (Å²) in [6.07, 6.45) is 5.20. The molecule has 1 aliphatic rings. The van der Waals surface area contributed by atoms with Crippen LogP contribution in [0.2, 0.25) is 0 Å². The summed E-state index contributed by atoms with van der Waals surface area (Å²) in [4.78, 5) is 37.9. The maximum atomic E-state index is 13.8. The lowest BCUT2D eigenvalue weighted by molar-refractivity contribution is -0.124. The van der Waals surface area contributed by atoms with E-state index in [2.05, 4.69) is 20.8 Å². The molecule has 1 aromatic heterocycles. The number of nitrogens with zero attached hydrogens (tertiary/aromatic N) is 1. The fourth-order valence-corrected chi connectivity index (χ4v) is 3.55. The largest absolute Gasteiger partial charge is 0.352 e. The molecule has 2 amide bonds. The standard InChI is InChI=1S/C20H25FN4O3/c1-11(2)15(19(27)22-12-7-4-3-5-8-12)23-20(28)17-18(26)13-9-6-10-14(21)16(13)24-25-17/h6,9-12,15H,3-5,7-8H2,1-2H3,(H,22,27)(H,23,28)(H,24,26)/t15-/m0/s1. The van der Waals surface area contributed by atoms with Gasteiger partial charge in [-0.05, 0) is 30.9 Å². The Kier molecular flexibility index (Phi) is 6.06. The molecule has 1 heterocycles. The van der Waals surface area contributed by atoms with Gasteiger partial charge in [-0.1, -0.05) is 39.2 Å². The lowest BCUT2D eigenvalue weighted by atomic mass is 9.94. The number of nitrogens with one attached hydrogen (secondary N) is 3. The summed E-state index contributed by atoms with van der Waals surface area (Å²) in [6.45, 7) is 3.64. The van der Waals surface area contributed by atoms with Gasteiger partial charge >= 0.3 is 0 Å². The monoisotopic (exact) mass is 388 g/mol. The number of carbonyl (C=O) groups excluding carboxylic acids is 2. The zero-order valence-electron chi connectivity index (χ0n) is 16.0. The number of H-pyrrole nitrogens is 1. The molecule has 1 atom stereocenters. The van der Waals surface area contributed by atoms with E-state index >= 15 is 0 Å². The smallest absolute Gasteiger partial charge is 0.276 e. The van der Waals surface area contributed by atoms with Gasteiger partial charge in [-0.25, -0.2) is 4.39 Å². The molecule has 7 nitrogen and oxygen atoms in total. The zero-order chi connectivity index (χ0) is 20.3. The number of carbonyl (C=O) groups is 2. The van der Waals surface area contributed by atoms with Crippen LogP contribution in [0.25, 0.3) is 10.9 Å². The van der Waals surface area contributed by atoms with Gasteiger partial charge in [-0.15, -0.1) is 0 Å². The van der Waals surface area contributed by atoms with Gasteiger partial charge in [0.25, 0.3) is 5.91 Å². The topological polar surface area (TPSA) is 104 Å². The first-order chi connectivity index (χ1) is 13.4. The highest BCUT2D eigenvalue weighted by molar-refractivity contribution is 5.98. The normalized spacial score (nSPS) is 16.1. The molecule has 3 rings (SSSR count). The highest BCUT2D eigenvalue weighted by Crippen LogP contribution is 2.18. The van der Waals surface area contributed by atoms with Gasteiger partial charge in [0, 0.05) is 6.04 Å². The molecule has 28 heavy (non-hydrogen) atoms. The van der Waals surface area contributed by atoms with Crippen molar-refractivity contribution in [3.63, 3.8) is 0 Å². The van der Waals surface area contributed by atoms with Crippen molar-refractivity contribution in [2.24, 2.45) is 5.92 Å². The van der Waals surface area contributed by atoms with Gasteiger partial charge in [-0.3, -0.25) is 19.5 Å². The Balaban J connectivity index is 1.79. The lowest BCUT2D eigenvalue weighted by Gasteiger charge is -2.27. The van der Waals surface area contributed by atoms with E-state index in [1.807, 2.05) is 13.8 Å². The summed E-state index contributed by atoms with van der Waals surface area (Å²) < 4.78 is 13.8. The van der Waals surface area contributed by atoms with Crippen molar-refractivity contribution in [3.05, 3.63) is 39.9 Å². The van der Waals surface area contributed by atoms with Crippen LogP contribution in [0, 0.1) is 11.7 Å². The van der Waals surface area contributed by atoms with Crippen molar-refractivity contribution >= 4 is 22.7 Å². The summed E-state index contributed by atoms with van der Waals surface area (Å²) in [5, 5.41) is 11.8. The van der Waals surface area contributed by atoms with Crippen LogP contribution in [0.5, 0.6) is 0 Å². The Morgan fingerprint density at radius 1 is 1.21 bits per heavy atom. The first kappa shape index (κ1) is 20.0. The van der Waals surface area contributed by atoms with E-state index in [0.717, 1.165) is 25.7 Å². The molecule has 0 saturated heterocycles. The molecule has 0 bridgehead atoms. The fraction of sp³-hybridized carbons (Fsp3) is 0.500. The number of fused-ring (bicyclic) bond motifs is 1. The van der Waals surface area contributed by atoms with Crippen LogP contribution >= 0.6 is 0 Å².